The molecule has 0 bridgehead atoms. The van der Waals surface area contributed by atoms with Gasteiger partial charge < -0.3 is 10.5 Å². The van der Waals surface area contributed by atoms with Crippen molar-refractivity contribution in [2.45, 2.75) is 32.1 Å². The number of nitrogens with two attached hydrogens (primary N) is 1. The van der Waals surface area contributed by atoms with E-state index < -0.39 is 0 Å². The number of aryl methyl sites for hydroxylation is 1. The topological polar surface area (TPSA) is 35.2 Å². The number of unbranched alkanes of at least 4 members (excludes halogenated alkanes) is 3. The summed E-state index contributed by atoms with van der Waals surface area (Å²) in [5, 5.41) is 0. The smallest absolute Gasteiger partial charge is 0.118 e. The Kier molecular flexibility index (Phi) is 5.86. The molecule has 0 atom stereocenters. The van der Waals surface area contributed by atoms with Crippen LogP contribution in [0.4, 0.5) is 0 Å². The first kappa shape index (κ1) is 12.1. The lowest BCUT2D eigenvalue weighted by molar-refractivity contribution is 0.414. The summed E-state index contributed by atoms with van der Waals surface area (Å²) in [7, 11) is 1.70. The Bertz CT molecular complexity index is 256. The fraction of sp³-hybridized carbons (Fsp3) is 0.538. The molecule has 0 saturated heterocycles. The van der Waals surface area contributed by atoms with Gasteiger partial charge in [0.25, 0.3) is 0 Å². The van der Waals surface area contributed by atoms with Crippen LogP contribution < -0.4 is 10.5 Å². The van der Waals surface area contributed by atoms with E-state index in [0.29, 0.717) is 0 Å². The largest absolute Gasteiger partial charge is 0.497 e. The predicted molar refractivity (Wildman–Crippen MR) is 64.2 cm³/mol. The molecular weight excluding hydrogens is 186 g/mol. The highest BCUT2D eigenvalue weighted by Gasteiger charge is 1.94. The third-order valence-electron chi connectivity index (χ3n) is 2.58. The summed E-state index contributed by atoms with van der Waals surface area (Å²) in [6, 6.07) is 8.33. The van der Waals surface area contributed by atoms with Crippen LogP contribution in [0.1, 0.15) is 31.2 Å². The molecule has 0 aromatic heterocycles. The van der Waals surface area contributed by atoms with Crippen molar-refractivity contribution in [3.05, 3.63) is 29.8 Å². The highest BCUT2D eigenvalue weighted by atomic mass is 16.5. The number of benzene rings is 1. The van der Waals surface area contributed by atoms with Crippen molar-refractivity contribution in [3.8, 4) is 5.75 Å². The maximum Gasteiger partial charge on any atom is 0.118 e. The van der Waals surface area contributed by atoms with E-state index in [-0.39, 0.29) is 0 Å². The van der Waals surface area contributed by atoms with Crippen LogP contribution in [-0.4, -0.2) is 13.7 Å². The average molecular weight is 207 g/mol. The summed E-state index contributed by atoms with van der Waals surface area (Å²) >= 11 is 0. The number of rotatable bonds is 7. The van der Waals surface area contributed by atoms with Gasteiger partial charge in [0, 0.05) is 0 Å². The summed E-state index contributed by atoms with van der Waals surface area (Å²) < 4.78 is 5.11. The SMILES string of the molecule is COc1ccc(CCCCCCN)cc1. The summed E-state index contributed by atoms with van der Waals surface area (Å²) in [6.07, 6.45) is 6.11. The molecule has 0 unspecified atom stereocenters. The number of ether oxygens (including phenoxy) is 1. The van der Waals surface area contributed by atoms with Gasteiger partial charge in [0.1, 0.15) is 5.75 Å². The molecule has 0 saturated carbocycles. The highest BCUT2D eigenvalue weighted by Crippen LogP contribution is 2.13. The normalized spacial score (nSPS) is 10.3. The predicted octanol–water partition coefficient (Wildman–Crippen LogP) is 2.76. The summed E-state index contributed by atoms with van der Waals surface area (Å²) in [6.45, 7) is 0.822. The Balaban J connectivity index is 2.20. The lowest BCUT2D eigenvalue weighted by Crippen LogP contribution is -1.97. The molecule has 84 valence electrons. The van der Waals surface area contributed by atoms with E-state index in [1.807, 2.05) is 12.1 Å². The molecule has 2 heteroatoms. The van der Waals surface area contributed by atoms with E-state index in [4.69, 9.17) is 10.5 Å². The number of methoxy groups -OCH3 is 1. The summed E-state index contributed by atoms with van der Waals surface area (Å²) in [5.41, 5.74) is 6.83. The molecule has 0 aliphatic rings. The fourth-order valence-corrected chi connectivity index (χ4v) is 1.62. The zero-order valence-corrected chi connectivity index (χ0v) is 9.54. The van der Waals surface area contributed by atoms with E-state index in [1.165, 1.54) is 24.8 Å². The van der Waals surface area contributed by atoms with E-state index in [0.717, 1.165) is 25.1 Å². The summed E-state index contributed by atoms with van der Waals surface area (Å²) in [4.78, 5) is 0. The molecule has 2 N–H and O–H groups in total. The zero-order chi connectivity index (χ0) is 10.9. The van der Waals surface area contributed by atoms with Crippen LogP contribution >= 0.6 is 0 Å². The van der Waals surface area contributed by atoms with Gasteiger partial charge in [-0.2, -0.15) is 0 Å². The van der Waals surface area contributed by atoms with E-state index in [2.05, 4.69) is 12.1 Å². The van der Waals surface area contributed by atoms with Crippen molar-refractivity contribution in [2.75, 3.05) is 13.7 Å². The second-order valence-corrected chi connectivity index (χ2v) is 3.80. The lowest BCUT2D eigenvalue weighted by atomic mass is 10.1. The molecule has 0 spiro atoms. The van der Waals surface area contributed by atoms with Gasteiger partial charge in [-0.05, 0) is 43.5 Å². The molecule has 15 heavy (non-hydrogen) atoms. The Morgan fingerprint density at radius 1 is 1.00 bits per heavy atom. The summed E-state index contributed by atoms with van der Waals surface area (Å²) in [5.74, 6) is 0.932. The van der Waals surface area contributed by atoms with Crippen molar-refractivity contribution >= 4 is 0 Å². The number of hydrogen-bond acceptors (Lipinski definition) is 2. The highest BCUT2D eigenvalue weighted by molar-refractivity contribution is 5.27. The van der Waals surface area contributed by atoms with Gasteiger partial charge >= 0.3 is 0 Å². The first-order valence-electron chi connectivity index (χ1n) is 5.70. The van der Waals surface area contributed by atoms with Crippen LogP contribution in [0.25, 0.3) is 0 Å². The van der Waals surface area contributed by atoms with Gasteiger partial charge in [-0.3, -0.25) is 0 Å². The van der Waals surface area contributed by atoms with Gasteiger partial charge in [0.15, 0.2) is 0 Å². The minimum atomic E-state index is 0.822. The molecular formula is C13H21NO. The first-order valence-corrected chi connectivity index (χ1v) is 5.70. The van der Waals surface area contributed by atoms with Crippen molar-refractivity contribution in [1.82, 2.24) is 0 Å². The standard InChI is InChI=1S/C13H21NO/c1-15-13-9-7-12(8-10-13)6-4-2-3-5-11-14/h7-10H,2-6,11,14H2,1H3. The van der Waals surface area contributed by atoms with Gasteiger partial charge in [-0.1, -0.05) is 25.0 Å². The molecule has 0 aliphatic heterocycles. The zero-order valence-electron chi connectivity index (χ0n) is 9.54. The van der Waals surface area contributed by atoms with Gasteiger partial charge in [0.05, 0.1) is 7.11 Å². The molecule has 0 fully saturated rings. The fourth-order valence-electron chi connectivity index (χ4n) is 1.62. The second kappa shape index (κ2) is 7.30. The molecule has 1 aromatic rings. The minimum Gasteiger partial charge on any atom is -0.497 e. The molecule has 1 rings (SSSR count). The molecule has 1 aromatic carbocycles. The molecule has 0 heterocycles. The molecule has 0 radical (unpaired) electrons. The Labute approximate surface area is 92.4 Å². The Morgan fingerprint density at radius 3 is 2.27 bits per heavy atom. The lowest BCUT2D eigenvalue weighted by Gasteiger charge is -2.03. The molecule has 0 amide bonds. The van der Waals surface area contributed by atoms with Gasteiger partial charge in [-0.25, -0.2) is 0 Å². The minimum absolute atomic E-state index is 0.822. The van der Waals surface area contributed by atoms with Crippen molar-refractivity contribution in [3.63, 3.8) is 0 Å². The quantitative estimate of drug-likeness (QED) is 0.698. The average Bonchev–Trinajstić information content (AvgIpc) is 2.30. The van der Waals surface area contributed by atoms with Gasteiger partial charge in [0.2, 0.25) is 0 Å². The first-order chi connectivity index (χ1) is 7.36. The molecule has 2 nitrogen and oxygen atoms in total. The van der Waals surface area contributed by atoms with Crippen LogP contribution in [-0.2, 0) is 6.42 Å². The van der Waals surface area contributed by atoms with Crippen molar-refractivity contribution < 1.29 is 4.74 Å². The Morgan fingerprint density at radius 2 is 1.67 bits per heavy atom. The van der Waals surface area contributed by atoms with E-state index in [9.17, 15) is 0 Å². The van der Waals surface area contributed by atoms with E-state index >= 15 is 0 Å². The Hall–Kier alpha value is -1.02. The van der Waals surface area contributed by atoms with Crippen LogP contribution in [0, 0.1) is 0 Å². The van der Waals surface area contributed by atoms with Crippen molar-refractivity contribution in [2.24, 2.45) is 5.73 Å². The number of hydrogen-bond donors (Lipinski definition) is 1. The maximum atomic E-state index is 5.44. The van der Waals surface area contributed by atoms with E-state index in [1.54, 1.807) is 7.11 Å². The third-order valence-corrected chi connectivity index (χ3v) is 2.58. The third kappa shape index (κ3) is 4.84. The van der Waals surface area contributed by atoms with Gasteiger partial charge in [-0.15, -0.1) is 0 Å². The van der Waals surface area contributed by atoms with Crippen LogP contribution in [0.15, 0.2) is 24.3 Å². The van der Waals surface area contributed by atoms with Crippen molar-refractivity contribution in [1.29, 1.82) is 0 Å². The maximum absolute atomic E-state index is 5.44. The van der Waals surface area contributed by atoms with Crippen LogP contribution in [0.5, 0.6) is 5.75 Å². The van der Waals surface area contributed by atoms with Crippen LogP contribution in [0.2, 0.25) is 0 Å². The monoisotopic (exact) mass is 207 g/mol. The molecule has 0 aliphatic carbocycles. The van der Waals surface area contributed by atoms with Crippen LogP contribution in [0.3, 0.4) is 0 Å². The second-order valence-electron chi connectivity index (χ2n) is 3.80.